The van der Waals surface area contributed by atoms with Gasteiger partial charge in [-0.3, -0.25) is 9.59 Å². The lowest BCUT2D eigenvalue weighted by Gasteiger charge is -2.20. The number of carbonyl (C=O) groups is 4. The van der Waals surface area contributed by atoms with Crippen LogP contribution in [0.5, 0.6) is 0 Å². The molecule has 0 aliphatic heterocycles. The number of nitrogens with one attached hydrogen (secondary N) is 4. The van der Waals surface area contributed by atoms with Crippen LogP contribution in [0.3, 0.4) is 0 Å². The second kappa shape index (κ2) is 15.5. The molecule has 11 heteroatoms. The molecule has 0 aliphatic carbocycles. The molecule has 0 fully saturated rings. The molecule has 1 rings (SSSR count). The van der Waals surface area contributed by atoms with Crippen LogP contribution in [0.4, 0.5) is 9.59 Å². The molecule has 0 aliphatic rings. The van der Waals surface area contributed by atoms with Crippen molar-refractivity contribution in [3.05, 3.63) is 35.9 Å². The van der Waals surface area contributed by atoms with E-state index in [9.17, 15) is 19.2 Å². The minimum absolute atomic E-state index is 0.00977. The molecule has 1 atom stereocenters. The molecular formula is C23H36N4O7. The molecule has 0 saturated carbocycles. The molecular weight excluding hydrogens is 444 g/mol. The number of hydrogen-bond donors (Lipinski definition) is 5. The monoisotopic (exact) mass is 480 g/mol. The zero-order chi connectivity index (χ0) is 25.4. The summed E-state index contributed by atoms with van der Waals surface area (Å²) < 4.78 is 10.3. The van der Waals surface area contributed by atoms with Crippen LogP contribution in [0.15, 0.2) is 30.3 Å². The molecule has 0 radical (unpaired) electrons. The number of alkyl carbamates (subject to hydrolysis) is 1. The van der Waals surface area contributed by atoms with Gasteiger partial charge in [0, 0.05) is 19.6 Å². The standard InChI is InChI=1S/C23H36N4O7/c1-23(2,3)34-22(32)26-12-8-7-11-18(27-21(30)31)20(29)25-14-13-24-15-19(28)33-16-17-9-5-4-6-10-17/h4-6,9-10,18,24,27H,7-8,11-16H2,1-3H3,(H,25,29)(H,26,32)(H,30,31)/t18-/m0/s1. The topological polar surface area (TPSA) is 155 Å². The van der Waals surface area contributed by atoms with E-state index < -0.39 is 35.7 Å². The largest absolute Gasteiger partial charge is 0.465 e. The summed E-state index contributed by atoms with van der Waals surface area (Å²) in [5.41, 5.74) is 0.302. The molecule has 190 valence electrons. The molecule has 34 heavy (non-hydrogen) atoms. The number of rotatable bonds is 14. The first-order valence-electron chi connectivity index (χ1n) is 11.2. The van der Waals surface area contributed by atoms with Gasteiger partial charge in [-0.1, -0.05) is 30.3 Å². The Labute approximate surface area is 200 Å². The SMILES string of the molecule is CC(C)(C)OC(=O)NCCCC[C@H](NC(=O)O)C(=O)NCCNCC(=O)OCc1ccccc1. The zero-order valence-electron chi connectivity index (χ0n) is 20.0. The maximum atomic E-state index is 12.3. The minimum atomic E-state index is -1.30. The summed E-state index contributed by atoms with van der Waals surface area (Å²) in [6, 6.07) is 8.39. The number of ether oxygens (including phenoxy) is 2. The van der Waals surface area contributed by atoms with Gasteiger partial charge < -0.3 is 35.8 Å². The van der Waals surface area contributed by atoms with Gasteiger partial charge in [-0.2, -0.15) is 0 Å². The number of amides is 3. The molecule has 0 saturated heterocycles. The quantitative estimate of drug-likeness (QED) is 0.199. The van der Waals surface area contributed by atoms with Crippen molar-refractivity contribution in [2.24, 2.45) is 0 Å². The normalized spacial score (nSPS) is 11.7. The van der Waals surface area contributed by atoms with E-state index in [-0.39, 0.29) is 26.1 Å². The summed E-state index contributed by atoms with van der Waals surface area (Å²) in [4.78, 5) is 46.7. The van der Waals surface area contributed by atoms with Gasteiger partial charge in [0.05, 0.1) is 6.54 Å². The number of benzene rings is 1. The van der Waals surface area contributed by atoms with Crippen LogP contribution in [-0.4, -0.2) is 67.0 Å². The maximum absolute atomic E-state index is 12.3. The summed E-state index contributed by atoms with van der Waals surface area (Å²) in [6.45, 7) is 6.34. The lowest BCUT2D eigenvalue weighted by atomic mass is 10.1. The van der Waals surface area contributed by atoms with Gasteiger partial charge in [0.2, 0.25) is 5.91 Å². The van der Waals surface area contributed by atoms with Crippen molar-refractivity contribution in [2.45, 2.75) is 58.3 Å². The summed E-state index contributed by atoms with van der Waals surface area (Å²) in [6.07, 6.45) is -0.488. The van der Waals surface area contributed by atoms with Crippen molar-refractivity contribution in [3.8, 4) is 0 Å². The second-order valence-corrected chi connectivity index (χ2v) is 8.54. The first kappa shape index (κ1) is 28.7. The number of carbonyl (C=O) groups excluding carboxylic acids is 3. The average molecular weight is 481 g/mol. The van der Waals surface area contributed by atoms with E-state index in [1.807, 2.05) is 30.3 Å². The van der Waals surface area contributed by atoms with E-state index in [1.165, 1.54) is 0 Å². The highest BCUT2D eigenvalue weighted by atomic mass is 16.6. The van der Waals surface area contributed by atoms with Gasteiger partial charge >= 0.3 is 18.2 Å². The molecule has 0 bridgehead atoms. The smallest absolute Gasteiger partial charge is 0.407 e. The third-order valence-corrected chi connectivity index (χ3v) is 4.31. The van der Waals surface area contributed by atoms with Crippen molar-refractivity contribution in [2.75, 3.05) is 26.2 Å². The summed E-state index contributed by atoms with van der Waals surface area (Å²) in [7, 11) is 0. The Morgan fingerprint density at radius 2 is 1.68 bits per heavy atom. The summed E-state index contributed by atoms with van der Waals surface area (Å²) >= 11 is 0. The second-order valence-electron chi connectivity index (χ2n) is 8.54. The van der Waals surface area contributed by atoms with Crippen LogP contribution in [0.25, 0.3) is 0 Å². The lowest BCUT2D eigenvalue weighted by Crippen LogP contribution is -2.47. The van der Waals surface area contributed by atoms with Crippen LogP contribution >= 0.6 is 0 Å². The molecule has 3 amide bonds. The highest BCUT2D eigenvalue weighted by molar-refractivity contribution is 5.85. The van der Waals surface area contributed by atoms with E-state index >= 15 is 0 Å². The Balaban J connectivity index is 2.21. The van der Waals surface area contributed by atoms with E-state index in [0.717, 1.165) is 5.56 Å². The average Bonchev–Trinajstić information content (AvgIpc) is 2.75. The molecule has 0 spiro atoms. The van der Waals surface area contributed by atoms with Gasteiger partial charge in [0.1, 0.15) is 18.2 Å². The molecule has 11 nitrogen and oxygen atoms in total. The first-order valence-corrected chi connectivity index (χ1v) is 11.2. The van der Waals surface area contributed by atoms with Crippen molar-refractivity contribution in [1.82, 2.24) is 21.3 Å². The Hall–Kier alpha value is -3.34. The van der Waals surface area contributed by atoms with E-state index in [1.54, 1.807) is 20.8 Å². The highest BCUT2D eigenvalue weighted by Crippen LogP contribution is 2.07. The third-order valence-electron chi connectivity index (χ3n) is 4.31. The molecule has 0 heterocycles. The van der Waals surface area contributed by atoms with Crippen LogP contribution in [-0.2, 0) is 25.7 Å². The molecule has 1 aromatic rings. The van der Waals surface area contributed by atoms with Gasteiger partial charge in [-0.25, -0.2) is 9.59 Å². The van der Waals surface area contributed by atoms with E-state index in [0.29, 0.717) is 25.9 Å². The summed E-state index contributed by atoms with van der Waals surface area (Å²) in [5.74, 6) is -0.878. The Morgan fingerprint density at radius 3 is 2.32 bits per heavy atom. The van der Waals surface area contributed by atoms with Gasteiger partial charge in [-0.05, 0) is 45.6 Å². The Bertz CT molecular complexity index is 781. The fraction of sp³-hybridized carbons (Fsp3) is 0.565. The van der Waals surface area contributed by atoms with E-state index in [4.69, 9.17) is 14.6 Å². The number of esters is 1. The number of hydrogen-bond acceptors (Lipinski definition) is 7. The van der Waals surface area contributed by atoms with Gasteiger partial charge in [0.15, 0.2) is 0 Å². The molecule has 0 unspecified atom stereocenters. The van der Waals surface area contributed by atoms with Crippen molar-refractivity contribution in [3.63, 3.8) is 0 Å². The fourth-order valence-electron chi connectivity index (χ4n) is 2.77. The van der Waals surface area contributed by atoms with Crippen molar-refractivity contribution < 1.29 is 33.8 Å². The maximum Gasteiger partial charge on any atom is 0.407 e. The van der Waals surface area contributed by atoms with Crippen LogP contribution in [0.1, 0.15) is 45.6 Å². The fourth-order valence-corrected chi connectivity index (χ4v) is 2.77. The number of unbranched alkanes of at least 4 members (excludes halogenated alkanes) is 1. The zero-order valence-corrected chi connectivity index (χ0v) is 20.0. The molecule has 5 N–H and O–H groups in total. The first-order chi connectivity index (χ1) is 16.1. The molecule has 0 aromatic heterocycles. The third kappa shape index (κ3) is 14.7. The Morgan fingerprint density at radius 1 is 0.971 bits per heavy atom. The molecule has 1 aromatic carbocycles. The summed E-state index contributed by atoms with van der Waals surface area (Å²) in [5, 5.41) is 19.3. The van der Waals surface area contributed by atoms with Gasteiger partial charge in [0.25, 0.3) is 0 Å². The predicted octanol–water partition coefficient (Wildman–Crippen LogP) is 1.77. The Kier molecular flexibility index (Phi) is 13.1. The van der Waals surface area contributed by atoms with Crippen LogP contribution in [0, 0.1) is 0 Å². The van der Waals surface area contributed by atoms with Crippen molar-refractivity contribution >= 4 is 24.1 Å². The van der Waals surface area contributed by atoms with Crippen LogP contribution in [0.2, 0.25) is 0 Å². The van der Waals surface area contributed by atoms with Crippen molar-refractivity contribution in [1.29, 1.82) is 0 Å². The minimum Gasteiger partial charge on any atom is -0.465 e. The van der Waals surface area contributed by atoms with Crippen LogP contribution < -0.4 is 21.3 Å². The highest BCUT2D eigenvalue weighted by Gasteiger charge is 2.20. The van der Waals surface area contributed by atoms with Gasteiger partial charge in [-0.15, -0.1) is 0 Å². The predicted molar refractivity (Wildman–Crippen MR) is 125 cm³/mol. The van der Waals surface area contributed by atoms with E-state index in [2.05, 4.69) is 21.3 Å². The number of carboxylic acid groups (broad SMARTS) is 1. The lowest BCUT2D eigenvalue weighted by molar-refractivity contribution is -0.143.